The summed E-state index contributed by atoms with van der Waals surface area (Å²) in [7, 11) is -5.08. The van der Waals surface area contributed by atoms with E-state index in [1.54, 1.807) is 0 Å². The van der Waals surface area contributed by atoms with Gasteiger partial charge in [-0.05, 0) is 13.3 Å². The molecule has 0 atom stereocenters. The predicted octanol–water partition coefficient (Wildman–Crippen LogP) is 7.66. The van der Waals surface area contributed by atoms with E-state index in [4.69, 9.17) is 4.55 Å². The molecule has 1 N–H and O–H groups in total. The normalized spacial score (nSPS) is 16.2. The molecule has 0 unspecified atom stereocenters. The third kappa shape index (κ3) is 6.50. The van der Waals surface area contributed by atoms with Crippen molar-refractivity contribution < 1.29 is 128 Å². The smallest absolute Gasteiger partial charge is 0.338 e. The van der Waals surface area contributed by atoms with Crippen LogP contribution in [-0.4, -0.2) is 114 Å². The van der Waals surface area contributed by atoms with Gasteiger partial charge >= 0.3 is 71.3 Å². The average molecular weight is 813 g/mol. The summed E-state index contributed by atoms with van der Waals surface area (Å²) in [6.07, 6.45) is -9.54. The number of alkyl halides is 25. The van der Waals surface area contributed by atoms with E-state index >= 15 is 0 Å². The third-order valence-corrected chi connectivity index (χ3v) is 6.87. The second-order valence-electron chi connectivity index (χ2n) is 9.34. The summed E-state index contributed by atoms with van der Waals surface area (Å²) in [5.74, 6) is -107. The molecule has 0 fully saturated rings. The van der Waals surface area contributed by atoms with E-state index in [0.717, 1.165) is 0 Å². The molecule has 0 rings (SSSR count). The van der Waals surface area contributed by atoms with Gasteiger partial charge in [0.25, 0.3) is 16.0 Å². The minimum Gasteiger partial charge on any atom is -0.338 e. The highest BCUT2D eigenvalue weighted by molar-refractivity contribution is 7.85. The van der Waals surface area contributed by atoms with Crippen LogP contribution < -0.4 is 0 Å². The molecule has 0 aromatic heterocycles. The van der Waals surface area contributed by atoms with Gasteiger partial charge in [-0.3, -0.25) is 9.35 Å². The van der Waals surface area contributed by atoms with E-state index in [2.05, 4.69) is 0 Å². The van der Waals surface area contributed by atoms with Crippen molar-refractivity contribution in [3.8, 4) is 0 Å². The zero-order chi connectivity index (χ0) is 40.5. The van der Waals surface area contributed by atoms with E-state index in [9.17, 15) is 123 Å². The number of nitrogens with zero attached hydrogens (tertiary/aromatic N) is 1. The number of carbonyl (C=O) groups is 1. The molecule has 1 amide bonds. The van der Waals surface area contributed by atoms with Gasteiger partial charge in [0.05, 0.1) is 5.75 Å². The van der Waals surface area contributed by atoms with Gasteiger partial charge in [-0.2, -0.15) is 118 Å². The largest absolute Gasteiger partial charge is 0.460 e. The lowest BCUT2D eigenvalue weighted by atomic mass is 9.84. The molecule has 0 aliphatic carbocycles. The Bertz CT molecular complexity index is 1320. The fraction of sp³-hybridized carbons (Fsp3) is 0.944. The van der Waals surface area contributed by atoms with E-state index in [0.29, 0.717) is 6.92 Å². The number of amides is 1. The van der Waals surface area contributed by atoms with Crippen LogP contribution in [0.2, 0.25) is 0 Å². The van der Waals surface area contributed by atoms with E-state index in [1.165, 1.54) is 0 Å². The van der Waals surface area contributed by atoms with Crippen molar-refractivity contribution in [2.24, 2.45) is 0 Å². The van der Waals surface area contributed by atoms with Crippen LogP contribution in [0.3, 0.4) is 0 Å². The quantitative estimate of drug-likeness (QED) is 0.128. The molecule has 0 spiro atoms. The lowest BCUT2D eigenvalue weighted by Crippen LogP contribution is -2.78. The van der Waals surface area contributed by atoms with Crippen LogP contribution in [0.15, 0.2) is 0 Å². The van der Waals surface area contributed by atoms with Crippen LogP contribution in [0, 0.1) is 0 Å². The van der Waals surface area contributed by atoms with Gasteiger partial charge < -0.3 is 4.90 Å². The standard InChI is InChI=1S/C18H12F25NO4S/c1-2-44(4-3-5-49(46,47)48)6(45)7(19,20)8(21,22)9(23,24)10(25,26)11(27,28)12(29,30)13(31,32)14(33,34)15(35,36)16(37,38)17(39,40)18(41,42)43/h2-5H2,1H3,(H,46,47,48). The summed E-state index contributed by atoms with van der Waals surface area (Å²) >= 11 is 0. The molecule has 0 saturated carbocycles. The molecular weight excluding hydrogens is 801 g/mol. The summed E-state index contributed by atoms with van der Waals surface area (Å²) in [5, 5.41) is 0. The van der Waals surface area contributed by atoms with Crippen LogP contribution in [0.1, 0.15) is 13.3 Å². The molecule has 0 aliphatic rings. The molecule has 49 heavy (non-hydrogen) atoms. The lowest BCUT2D eigenvalue weighted by molar-refractivity contribution is -0.481. The van der Waals surface area contributed by atoms with Crippen molar-refractivity contribution >= 4 is 16.0 Å². The zero-order valence-corrected chi connectivity index (χ0v) is 23.1. The van der Waals surface area contributed by atoms with Crippen LogP contribution in [0.25, 0.3) is 0 Å². The molecule has 0 aromatic carbocycles. The highest BCUT2D eigenvalue weighted by Crippen LogP contribution is 2.67. The Balaban J connectivity index is 7.26. The second-order valence-corrected chi connectivity index (χ2v) is 10.9. The highest BCUT2D eigenvalue weighted by Gasteiger charge is 2.99. The Kier molecular flexibility index (Phi) is 11.8. The molecule has 5 nitrogen and oxygen atoms in total. The minimum absolute atomic E-state index is 0.424. The maximum atomic E-state index is 14.2. The molecule has 0 aliphatic heterocycles. The predicted molar refractivity (Wildman–Crippen MR) is 104 cm³/mol. The molecule has 0 radical (unpaired) electrons. The van der Waals surface area contributed by atoms with Crippen LogP contribution >= 0.6 is 0 Å². The molecule has 31 heteroatoms. The monoisotopic (exact) mass is 813 g/mol. The molecule has 294 valence electrons. The average Bonchev–Trinajstić information content (AvgIpc) is 2.88. The Morgan fingerprint density at radius 1 is 0.490 bits per heavy atom. The summed E-state index contributed by atoms with van der Waals surface area (Å²) < 4.78 is 368. The van der Waals surface area contributed by atoms with Crippen molar-refractivity contribution in [3.05, 3.63) is 0 Å². The number of rotatable bonds is 16. The van der Waals surface area contributed by atoms with Crippen molar-refractivity contribution in [1.82, 2.24) is 4.90 Å². The van der Waals surface area contributed by atoms with Gasteiger partial charge in [0, 0.05) is 13.1 Å². The summed E-state index contributed by atoms with van der Waals surface area (Å²) in [6.45, 7) is -2.71. The van der Waals surface area contributed by atoms with Crippen molar-refractivity contribution in [2.45, 2.75) is 84.7 Å². The number of hydrogen-bond donors (Lipinski definition) is 1. The first-order valence-corrected chi connectivity index (χ1v) is 12.9. The van der Waals surface area contributed by atoms with Gasteiger partial charge in [-0.15, -0.1) is 0 Å². The van der Waals surface area contributed by atoms with Crippen LogP contribution in [0.5, 0.6) is 0 Å². The van der Waals surface area contributed by atoms with Gasteiger partial charge in [-0.1, -0.05) is 0 Å². The first-order chi connectivity index (χ1) is 20.8. The zero-order valence-electron chi connectivity index (χ0n) is 22.3. The maximum Gasteiger partial charge on any atom is 0.460 e. The topological polar surface area (TPSA) is 74.7 Å². The summed E-state index contributed by atoms with van der Waals surface area (Å²) in [6, 6.07) is 0. The van der Waals surface area contributed by atoms with E-state index in [1.807, 2.05) is 0 Å². The first kappa shape index (κ1) is 46.6. The van der Waals surface area contributed by atoms with Crippen LogP contribution in [0.4, 0.5) is 110 Å². The van der Waals surface area contributed by atoms with E-state index in [-0.39, 0.29) is 0 Å². The van der Waals surface area contributed by atoms with Gasteiger partial charge in [-0.25, -0.2) is 0 Å². The van der Waals surface area contributed by atoms with Crippen molar-refractivity contribution in [1.29, 1.82) is 0 Å². The summed E-state index contributed by atoms with van der Waals surface area (Å²) in [5.41, 5.74) is 0. The Hall–Kier alpha value is -2.37. The highest BCUT2D eigenvalue weighted by atomic mass is 32.2. The van der Waals surface area contributed by atoms with Gasteiger partial charge in [0.2, 0.25) is 0 Å². The second kappa shape index (κ2) is 12.4. The van der Waals surface area contributed by atoms with Gasteiger partial charge in [0.1, 0.15) is 0 Å². The Labute approximate surface area is 253 Å². The third-order valence-electron chi connectivity index (χ3n) is 6.07. The van der Waals surface area contributed by atoms with Crippen molar-refractivity contribution in [2.75, 3.05) is 18.8 Å². The summed E-state index contributed by atoms with van der Waals surface area (Å²) in [4.78, 5) is 10.8. The fourth-order valence-electron chi connectivity index (χ4n) is 3.13. The fourth-order valence-corrected chi connectivity index (χ4v) is 3.62. The SMILES string of the molecule is CCN(CCCS(=O)(=O)O)C(=O)C(F)(F)C(F)(F)C(F)(F)C(F)(F)C(F)(F)C(F)(F)C(F)(F)C(F)(F)C(F)(F)C(F)(F)C(F)(F)C(F)(F)F. The maximum absolute atomic E-state index is 14.2. The number of halogens is 25. The Morgan fingerprint density at radius 2 is 0.735 bits per heavy atom. The Morgan fingerprint density at radius 3 is 0.959 bits per heavy atom. The number of carbonyl (C=O) groups excluding carboxylic acids is 1. The lowest BCUT2D eigenvalue weighted by Gasteiger charge is -2.45. The van der Waals surface area contributed by atoms with Crippen LogP contribution in [-0.2, 0) is 14.9 Å². The molecular formula is C18H12F25NO4S. The van der Waals surface area contributed by atoms with Crippen molar-refractivity contribution in [3.63, 3.8) is 0 Å². The molecule has 0 heterocycles. The first-order valence-electron chi connectivity index (χ1n) is 11.3. The molecule has 0 saturated heterocycles. The minimum atomic E-state index is -9.73. The molecule has 0 bridgehead atoms. The van der Waals surface area contributed by atoms with E-state index < -0.39 is 118 Å². The number of hydrogen-bond acceptors (Lipinski definition) is 3. The molecule has 0 aromatic rings. The van der Waals surface area contributed by atoms with Gasteiger partial charge in [0.15, 0.2) is 0 Å².